The van der Waals surface area contributed by atoms with E-state index in [0.717, 1.165) is 12.8 Å². The van der Waals surface area contributed by atoms with Gasteiger partial charge in [-0.2, -0.15) is 4.98 Å². The van der Waals surface area contributed by atoms with Gasteiger partial charge in [-0.25, -0.2) is 0 Å². The predicted octanol–water partition coefficient (Wildman–Crippen LogP) is 2.34. The zero-order chi connectivity index (χ0) is 9.68. The second-order valence-corrected chi connectivity index (χ2v) is 3.24. The van der Waals surface area contributed by atoms with Crippen molar-refractivity contribution in [1.29, 1.82) is 0 Å². The lowest BCUT2D eigenvalue weighted by atomic mass is 9.99. The van der Waals surface area contributed by atoms with Crippen LogP contribution in [0.25, 0.3) is 0 Å². The van der Waals surface area contributed by atoms with E-state index in [9.17, 15) is 0 Å². The van der Waals surface area contributed by atoms with Crippen LogP contribution in [-0.4, -0.2) is 10.1 Å². The lowest BCUT2D eigenvalue weighted by Crippen LogP contribution is -1.98. The summed E-state index contributed by atoms with van der Waals surface area (Å²) in [5.41, 5.74) is 5.38. The monoisotopic (exact) mass is 183 g/mol. The van der Waals surface area contributed by atoms with Crippen LogP contribution in [-0.2, 0) is 0 Å². The third kappa shape index (κ3) is 2.72. The SMILES string of the molecule is CCCCC(CC)c1nc(N)no1. The molecule has 2 N–H and O–H groups in total. The van der Waals surface area contributed by atoms with Crippen LogP contribution in [0.15, 0.2) is 4.52 Å². The second kappa shape index (κ2) is 4.84. The molecule has 0 aliphatic carbocycles. The van der Waals surface area contributed by atoms with Gasteiger partial charge in [-0.15, -0.1) is 0 Å². The molecule has 1 aromatic rings. The minimum atomic E-state index is 0.241. The number of hydrogen-bond acceptors (Lipinski definition) is 4. The topological polar surface area (TPSA) is 64.9 Å². The first kappa shape index (κ1) is 10.0. The van der Waals surface area contributed by atoms with Gasteiger partial charge in [0.05, 0.1) is 0 Å². The second-order valence-electron chi connectivity index (χ2n) is 3.24. The van der Waals surface area contributed by atoms with Crippen LogP contribution in [0.1, 0.15) is 51.3 Å². The predicted molar refractivity (Wildman–Crippen MR) is 51.3 cm³/mol. The molecule has 13 heavy (non-hydrogen) atoms. The van der Waals surface area contributed by atoms with E-state index in [-0.39, 0.29) is 5.95 Å². The maximum absolute atomic E-state index is 5.38. The zero-order valence-corrected chi connectivity index (χ0v) is 8.29. The minimum absolute atomic E-state index is 0.241. The summed E-state index contributed by atoms with van der Waals surface area (Å²) in [5.74, 6) is 1.31. The summed E-state index contributed by atoms with van der Waals surface area (Å²) < 4.78 is 5.03. The summed E-state index contributed by atoms with van der Waals surface area (Å²) in [6.07, 6.45) is 4.52. The quantitative estimate of drug-likeness (QED) is 0.760. The minimum Gasteiger partial charge on any atom is -0.365 e. The Morgan fingerprint density at radius 2 is 2.23 bits per heavy atom. The molecule has 0 aliphatic rings. The first-order chi connectivity index (χ1) is 6.27. The van der Waals surface area contributed by atoms with Gasteiger partial charge in [0.2, 0.25) is 5.89 Å². The molecule has 0 fully saturated rings. The Kier molecular flexibility index (Phi) is 3.73. The highest BCUT2D eigenvalue weighted by Gasteiger charge is 2.15. The van der Waals surface area contributed by atoms with E-state index in [1.165, 1.54) is 12.8 Å². The fraction of sp³-hybridized carbons (Fsp3) is 0.778. The molecule has 1 rings (SSSR count). The molecule has 0 aromatic carbocycles. The van der Waals surface area contributed by atoms with E-state index in [1.54, 1.807) is 0 Å². The summed E-state index contributed by atoms with van der Waals surface area (Å²) in [7, 11) is 0. The molecule has 0 saturated heterocycles. The number of nitrogens with zero attached hydrogens (tertiary/aromatic N) is 2. The molecule has 0 radical (unpaired) electrons. The van der Waals surface area contributed by atoms with Crippen molar-refractivity contribution in [1.82, 2.24) is 10.1 Å². The van der Waals surface area contributed by atoms with Crippen molar-refractivity contribution in [3.63, 3.8) is 0 Å². The van der Waals surface area contributed by atoms with Crippen LogP contribution in [0.5, 0.6) is 0 Å². The molecule has 0 amide bonds. The number of unbranched alkanes of at least 4 members (excludes halogenated alkanes) is 1. The number of hydrogen-bond donors (Lipinski definition) is 1. The highest BCUT2D eigenvalue weighted by molar-refractivity contribution is 5.12. The van der Waals surface area contributed by atoms with Crippen molar-refractivity contribution in [3.05, 3.63) is 5.89 Å². The number of aromatic nitrogens is 2. The molecule has 0 bridgehead atoms. The highest BCUT2D eigenvalue weighted by atomic mass is 16.5. The van der Waals surface area contributed by atoms with E-state index < -0.39 is 0 Å². The van der Waals surface area contributed by atoms with Crippen molar-refractivity contribution in [2.75, 3.05) is 5.73 Å². The Morgan fingerprint density at radius 3 is 2.69 bits per heavy atom. The molecule has 1 atom stereocenters. The van der Waals surface area contributed by atoms with Crippen LogP contribution in [0.3, 0.4) is 0 Å². The summed E-state index contributed by atoms with van der Waals surface area (Å²) in [6, 6.07) is 0. The first-order valence-corrected chi connectivity index (χ1v) is 4.87. The molecule has 0 aliphatic heterocycles. The molecular weight excluding hydrogens is 166 g/mol. The fourth-order valence-electron chi connectivity index (χ4n) is 1.37. The maximum Gasteiger partial charge on any atom is 0.260 e. The van der Waals surface area contributed by atoms with Crippen molar-refractivity contribution >= 4 is 5.95 Å². The maximum atomic E-state index is 5.38. The van der Waals surface area contributed by atoms with Gasteiger partial charge in [-0.1, -0.05) is 26.7 Å². The molecule has 4 heteroatoms. The van der Waals surface area contributed by atoms with Crippen LogP contribution in [0.4, 0.5) is 5.95 Å². The molecule has 1 heterocycles. The van der Waals surface area contributed by atoms with Gasteiger partial charge in [0.25, 0.3) is 5.95 Å². The number of nitrogen functional groups attached to an aromatic ring is 1. The lowest BCUT2D eigenvalue weighted by Gasteiger charge is -2.07. The third-order valence-electron chi connectivity index (χ3n) is 2.21. The van der Waals surface area contributed by atoms with Crippen molar-refractivity contribution in [2.24, 2.45) is 0 Å². The summed E-state index contributed by atoms with van der Waals surface area (Å²) in [4.78, 5) is 4.03. The van der Waals surface area contributed by atoms with E-state index in [1.807, 2.05) is 0 Å². The van der Waals surface area contributed by atoms with Gasteiger partial charge in [0.15, 0.2) is 0 Å². The molecule has 1 unspecified atom stereocenters. The number of anilines is 1. The molecular formula is C9H17N3O. The Balaban J connectivity index is 2.56. The lowest BCUT2D eigenvalue weighted by molar-refractivity contribution is 0.340. The van der Waals surface area contributed by atoms with Gasteiger partial charge in [-0.05, 0) is 18.0 Å². The van der Waals surface area contributed by atoms with Crippen LogP contribution >= 0.6 is 0 Å². The zero-order valence-electron chi connectivity index (χ0n) is 8.29. The third-order valence-corrected chi connectivity index (χ3v) is 2.21. The molecule has 1 aromatic heterocycles. The summed E-state index contributed by atoms with van der Waals surface area (Å²) in [6.45, 7) is 4.30. The van der Waals surface area contributed by atoms with E-state index in [0.29, 0.717) is 11.8 Å². The smallest absolute Gasteiger partial charge is 0.260 e. The van der Waals surface area contributed by atoms with Crippen molar-refractivity contribution in [3.8, 4) is 0 Å². The van der Waals surface area contributed by atoms with E-state index in [4.69, 9.17) is 10.3 Å². The normalized spacial score (nSPS) is 13.1. The Morgan fingerprint density at radius 1 is 1.46 bits per heavy atom. The Labute approximate surface area is 78.5 Å². The fourth-order valence-corrected chi connectivity index (χ4v) is 1.37. The van der Waals surface area contributed by atoms with Gasteiger partial charge in [0, 0.05) is 5.92 Å². The van der Waals surface area contributed by atoms with Crippen molar-refractivity contribution < 1.29 is 4.52 Å². The summed E-state index contributed by atoms with van der Waals surface area (Å²) >= 11 is 0. The van der Waals surface area contributed by atoms with Crippen molar-refractivity contribution in [2.45, 2.75) is 45.4 Å². The first-order valence-electron chi connectivity index (χ1n) is 4.87. The highest BCUT2D eigenvalue weighted by Crippen LogP contribution is 2.23. The molecule has 74 valence electrons. The molecule has 0 saturated carbocycles. The number of rotatable bonds is 5. The Bertz CT molecular complexity index is 247. The summed E-state index contributed by atoms with van der Waals surface area (Å²) in [5, 5.41) is 3.59. The van der Waals surface area contributed by atoms with Gasteiger partial charge < -0.3 is 10.3 Å². The molecule has 0 spiro atoms. The standard InChI is InChI=1S/C9H17N3O/c1-3-5-6-7(4-2)8-11-9(10)12-13-8/h7H,3-6H2,1-2H3,(H2,10,12). The van der Waals surface area contributed by atoms with Gasteiger partial charge >= 0.3 is 0 Å². The van der Waals surface area contributed by atoms with Gasteiger partial charge in [0.1, 0.15) is 0 Å². The van der Waals surface area contributed by atoms with Crippen LogP contribution in [0, 0.1) is 0 Å². The van der Waals surface area contributed by atoms with E-state index >= 15 is 0 Å². The largest absolute Gasteiger partial charge is 0.365 e. The van der Waals surface area contributed by atoms with Crippen LogP contribution in [0.2, 0.25) is 0 Å². The molecule has 4 nitrogen and oxygen atoms in total. The van der Waals surface area contributed by atoms with Gasteiger partial charge in [-0.3, -0.25) is 0 Å². The average Bonchev–Trinajstić information content (AvgIpc) is 2.54. The van der Waals surface area contributed by atoms with E-state index in [2.05, 4.69) is 24.0 Å². The Hall–Kier alpha value is -1.06. The van der Waals surface area contributed by atoms with Crippen LogP contribution < -0.4 is 5.73 Å². The average molecular weight is 183 g/mol. The number of nitrogens with two attached hydrogens (primary N) is 1.